The van der Waals surface area contributed by atoms with Gasteiger partial charge in [-0.25, -0.2) is 8.42 Å². The molecule has 1 heterocycles. The number of benzene rings is 1. The van der Waals surface area contributed by atoms with Gasteiger partial charge in [0.2, 0.25) is 5.91 Å². The highest BCUT2D eigenvalue weighted by molar-refractivity contribution is 7.90. The number of aryl methyl sites for hydroxylation is 1. The summed E-state index contributed by atoms with van der Waals surface area (Å²) >= 11 is 0. The molecule has 0 spiro atoms. The van der Waals surface area contributed by atoms with Crippen LogP contribution in [0.1, 0.15) is 40.7 Å². The quantitative estimate of drug-likeness (QED) is 0.884. The number of sulfone groups is 1. The highest BCUT2D eigenvalue weighted by atomic mass is 32.2. The van der Waals surface area contributed by atoms with Gasteiger partial charge in [-0.15, -0.1) is 0 Å². The molecular formula is C17H22N2O4S. The molecule has 1 N–H and O–H groups in total. The molecule has 1 aliphatic carbocycles. The summed E-state index contributed by atoms with van der Waals surface area (Å²) in [5, 5.41) is 2.89. The summed E-state index contributed by atoms with van der Waals surface area (Å²) in [6.07, 6.45) is 3.52. The van der Waals surface area contributed by atoms with E-state index in [0.717, 1.165) is 30.2 Å². The van der Waals surface area contributed by atoms with Crippen molar-refractivity contribution in [3.63, 3.8) is 0 Å². The molecule has 1 atom stereocenters. The Morgan fingerprint density at radius 2 is 1.92 bits per heavy atom. The minimum Gasteiger partial charge on any atom is -0.347 e. The summed E-state index contributed by atoms with van der Waals surface area (Å²) in [4.78, 5) is 26.6. The van der Waals surface area contributed by atoms with Crippen molar-refractivity contribution in [1.29, 1.82) is 0 Å². The number of nitrogens with one attached hydrogen (secondary N) is 1. The van der Waals surface area contributed by atoms with Crippen molar-refractivity contribution in [2.45, 2.75) is 50.1 Å². The van der Waals surface area contributed by atoms with Gasteiger partial charge in [0.25, 0.3) is 5.91 Å². The first-order chi connectivity index (χ1) is 11.2. The number of rotatable bonds is 4. The van der Waals surface area contributed by atoms with Gasteiger partial charge in [0.15, 0.2) is 9.84 Å². The Morgan fingerprint density at radius 1 is 1.25 bits per heavy atom. The lowest BCUT2D eigenvalue weighted by Crippen LogP contribution is -2.38. The Balaban J connectivity index is 1.80. The van der Waals surface area contributed by atoms with Gasteiger partial charge >= 0.3 is 0 Å². The van der Waals surface area contributed by atoms with Crippen molar-refractivity contribution < 1.29 is 18.0 Å². The zero-order chi connectivity index (χ0) is 17.6. The summed E-state index contributed by atoms with van der Waals surface area (Å²) in [5.74, 6) is -0.239. The number of carbonyl (C=O) groups is 2. The van der Waals surface area contributed by atoms with E-state index >= 15 is 0 Å². The maximum absolute atomic E-state index is 12.6. The highest BCUT2D eigenvalue weighted by Crippen LogP contribution is 2.30. The van der Waals surface area contributed by atoms with Crippen molar-refractivity contribution in [1.82, 2.24) is 10.2 Å². The molecule has 1 aromatic carbocycles. The summed E-state index contributed by atoms with van der Waals surface area (Å²) in [7, 11) is -3.39. The van der Waals surface area contributed by atoms with Crippen LogP contribution in [0.3, 0.4) is 0 Å². The normalized spacial score (nSPS) is 21.2. The molecule has 0 aromatic heterocycles. The number of hydrogen-bond donors (Lipinski definition) is 1. The average molecular weight is 350 g/mol. The van der Waals surface area contributed by atoms with Gasteiger partial charge in [-0.3, -0.25) is 9.59 Å². The van der Waals surface area contributed by atoms with Gasteiger partial charge in [0, 0.05) is 30.8 Å². The number of nitrogens with zero attached hydrogens (tertiary/aromatic N) is 1. The van der Waals surface area contributed by atoms with Gasteiger partial charge < -0.3 is 10.2 Å². The molecule has 1 aliphatic heterocycles. The van der Waals surface area contributed by atoms with Gasteiger partial charge in [-0.2, -0.15) is 0 Å². The predicted molar refractivity (Wildman–Crippen MR) is 89.6 cm³/mol. The van der Waals surface area contributed by atoms with Crippen LogP contribution in [0, 0.1) is 13.8 Å². The largest absolute Gasteiger partial charge is 0.347 e. The molecular weight excluding hydrogens is 328 g/mol. The molecule has 1 aromatic rings. The third-order valence-electron chi connectivity index (χ3n) is 4.79. The summed E-state index contributed by atoms with van der Waals surface area (Å²) in [6.45, 7) is 4.13. The first kappa shape index (κ1) is 17.0. The first-order valence-electron chi connectivity index (χ1n) is 8.08. The van der Waals surface area contributed by atoms with Crippen LogP contribution in [-0.2, 0) is 14.6 Å². The minimum absolute atomic E-state index is 0.0839. The smallest absolute Gasteiger partial charge is 0.251 e. The zero-order valence-corrected chi connectivity index (χ0v) is 14.9. The molecule has 1 saturated heterocycles. The molecule has 0 bridgehead atoms. The van der Waals surface area contributed by atoms with Crippen LogP contribution < -0.4 is 5.32 Å². The summed E-state index contributed by atoms with van der Waals surface area (Å²) in [6, 6.07) is 3.13. The van der Waals surface area contributed by atoms with Crippen LogP contribution in [0.25, 0.3) is 0 Å². The Labute approximate surface area is 142 Å². The third kappa shape index (κ3) is 3.31. The lowest BCUT2D eigenvalue weighted by Gasteiger charge is -2.17. The maximum atomic E-state index is 12.6. The Morgan fingerprint density at radius 3 is 2.50 bits per heavy atom. The maximum Gasteiger partial charge on any atom is 0.251 e. The van der Waals surface area contributed by atoms with Crippen molar-refractivity contribution in [3.8, 4) is 0 Å². The van der Waals surface area contributed by atoms with E-state index in [4.69, 9.17) is 0 Å². The Hall–Kier alpha value is -1.89. The lowest BCUT2D eigenvalue weighted by atomic mass is 10.0. The first-order valence-corrected chi connectivity index (χ1v) is 9.97. The van der Waals surface area contributed by atoms with Crippen LogP contribution >= 0.6 is 0 Å². The van der Waals surface area contributed by atoms with Crippen LogP contribution in [-0.4, -0.2) is 50.0 Å². The van der Waals surface area contributed by atoms with E-state index in [1.165, 1.54) is 6.07 Å². The Kier molecular flexibility index (Phi) is 4.15. The molecule has 2 fully saturated rings. The number of hydrogen-bond acceptors (Lipinski definition) is 4. The fraction of sp³-hybridized carbons (Fsp3) is 0.529. The second-order valence-electron chi connectivity index (χ2n) is 6.84. The van der Waals surface area contributed by atoms with Crippen molar-refractivity contribution in [2.75, 3.05) is 12.8 Å². The number of carbonyl (C=O) groups excluding carboxylic acids is 2. The van der Waals surface area contributed by atoms with Crippen molar-refractivity contribution >= 4 is 21.7 Å². The fourth-order valence-electron chi connectivity index (χ4n) is 3.11. The molecule has 0 radical (unpaired) electrons. The Bertz CT molecular complexity index is 812. The van der Waals surface area contributed by atoms with Crippen molar-refractivity contribution in [2.24, 2.45) is 0 Å². The molecule has 1 saturated carbocycles. The monoisotopic (exact) mass is 350 g/mol. The molecule has 3 rings (SSSR count). The standard InChI is InChI=1S/C17H22N2O4S/c1-10-6-14(24(3,22)23)8-15(11(10)2)17(21)18-12-7-16(20)19(9-12)13-4-5-13/h6,8,12-13H,4-5,7,9H2,1-3H3,(H,18,21). The topological polar surface area (TPSA) is 83.5 Å². The van der Waals surface area contributed by atoms with Gasteiger partial charge in [-0.05, 0) is 49.9 Å². The average Bonchev–Trinajstić information content (AvgIpc) is 3.25. The van der Waals surface area contributed by atoms with E-state index in [9.17, 15) is 18.0 Å². The van der Waals surface area contributed by atoms with Crippen molar-refractivity contribution in [3.05, 3.63) is 28.8 Å². The van der Waals surface area contributed by atoms with E-state index in [-0.39, 0.29) is 22.8 Å². The van der Waals surface area contributed by atoms with Crippen LogP contribution in [0.15, 0.2) is 17.0 Å². The molecule has 7 heteroatoms. The molecule has 2 aliphatic rings. The minimum atomic E-state index is -3.39. The number of likely N-dealkylation sites (tertiary alicyclic amines) is 1. The molecule has 2 amide bonds. The molecule has 1 unspecified atom stereocenters. The molecule has 24 heavy (non-hydrogen) atoms. The second kappa shape index (κ2) is 5.88. The fourth-order valence-corrected chi connectivity index (χ4v) is 3.83. The molecule has 130 valence electrons. The predicted octanol–water partition coefficient (Wildman–Crippen LogP) is 1.20. The summed E-state index contributed by atoms with van der Waals surface area (Å²) in [5.41, 5.74) is 1.86. The van der Waals surface area contributed by atoms with E-state index in [1.807, 2.05) is 4.90 Å². The van der Waals surface area contributed by atoms with Gasteiger partial charge in [0.05, 0.1) is 10.9 Å². The van der Waals surface area contributed by atoms with E-state index in [2.05, 4.69) is 5.32 Å². The summed E-state index contributed by atoms with van der Waals surface area (Å²) < 4.78 is 23.6. The second-order valence-corrected chi connectivity index (χ2v) is 8.85. The number of amides is 2. The van der Waals surface area contributed by atoms with Gasteiger partial charge in [0.1, 0.15) is 0 Å². The van der Waals surface area contributed by atoms with E-state index < -0.39 is 9.84 Å². The SMILES string of the molecule is Cc1cc(S(C)(=O)=O)cc(C(=O)NC2CC(=O)N(C3CC3)C2)c1C. The molecule has 6 nitrogen and oxygen atoms in total. The van der Waals surface area contributed by atoms with Gasteiger partial charge in [-0.1, -0.05) is 0 Å². The lowest BCUT2D eigenvalue weighted by molar-refractivity contribution is -0.128. The zero-order valence-electron chi connectivity index (χ0n) is 14.1. The van der Waals surface area contributed by atoms with Crippen LogP contribution in [0.5, 0.6) is 0 Å². The third-order valence-corrected chi connectivity index (χ3v) is 5.89. The van der Waals surface area contributed by atoms with Crippen LogP contribution in [0.4, 0.5) is 0 Å². The van der Waals surface area contributed by atoms with E-state index in [1.54, 1.807) is 19.9 Å². The van der Waals surface area contributed by atoms with Crippen LogP contribution in [0.2, 0.25) is 0 Å². The van der Waals surface area contributed by atoms with E-state index in [0.29, 0.717) is 24.6 Å². The highest BCUT2D eigenvalue weighted by Gasteiger charge is 2.39.